The van der Waals surface area contributed by atoms with Crippen LogP contribution in [0.5, 0.6) is 0 Å². The molecule has 0 aromatic heterocycles. The molecule has 10 heteroatoms. The van der Waals surface area contributed by atoms with Crippen molar-refractivity contribution in [1.82, 2.24) is 9.62 Å². The van der Waals surface area contributed by atoms with Gasteiger partial charge < -0.3 is 10.1 Å². The highest BCUT2D eigenvalue weighted by atomic mass is 35.5. The van der Waals surface area contributed by atoms with Crippen LogP contribution in [0.3, 0.4) is 0 Å². The van der Waals surface area contributed by atoms with Crippen LogP contribution in [0.2, 0.25) is 15.1 Å². The van der Waals surface area contributed by atoms with Crippen LogP contribution in [0.25, 0.3) is 0 Å². The van der Waals surface area contributed by atoms with E-state index in [0.717, 1.165) is 4.31 Å². The number of methoxy groups -OCH3 is 1. The smallest absolute Gasteiger partial charge is 0.243 e. The van der Waals surface area contributed by atoms with Gasteiger partial charge in [-0.05, 0) is 48.4 Å². The molecule has 2 aromatic carbocycles. The lowest BCUT2D eigenvalue weighted by molar-refractivity contribution is -0.121. The third-order valence-corrected chi connectivity index (χ3v) is 6.63. The fourth-order valence-electron chi connectivity index (χ4n) is 2.48. The number of ether oxygens (including phenoxy) is 1. The number of hydrogen-bond acceptors (Lipinski definition) is 4. The fraction of sp³-hybridized carbons (Fsp3) is 0.316. The molecule has 158 valence electrons. The Kier molecular flexibility index (Phi) is 9.20. The Morgan fingerprint density at radius 2 is 1.72 bits per heavy atom. The quantitative estimate of drug-likeness (QED) is 0.523. The summed E-state index contributed by atoms with van der Waals surface area (Å²) in [6.45, 7) is 0.417. The lowest BCUT2D eigenvalue weighted by Crippen LogP contribution is -2.40. The van der Waals surface area contributed by atoms with Gasteiger partial charge in [-0.3, -0.25) is 4.79 Å². The van der Waals surface area contributed by atoms with E-state index < -0.39 is 15.9 Å². The highest BCUT2D eigenvalue weighted by Crippen LogP contribution is 2.25. The minimum Gasteiger partial charge on any atom is -0.385 e. The van der Waals surface area contributed by atoms with E-state index in [1.807, 2.05) is 0 Å². The Labute approximate surface area is 185 Å². The highest BCUT2D eigenvalue weighted by Gasteiger charge is 2.27. The molecule has 6 nitrogen and oxygen atoms in total. The third-order valence-electron chi connectivity index (χ3n) is 3.98. The predicted octanol–water partition coefficient (Wildman–Crippen LogP) is 3.99. The van der Waals surface area contributed by atoms with Crippen LogP contribution in [0.15, 0.2) is 47.4 Å². The van der Waals surface area contributed by atoms with Gasteiger partial charge in [0.2, 0.25) is 15.9 Å². The maximum absolute atomic E-state index is 13.2. The molecule has 0 heterocycles. The largest absolute Gasteiger partial charge is 0.385 e. The molecular weight excluding hydrogens is 459 g/mol. The van der Waals surface area contributed by atoms with E-state index in [0.29, 0.717) is 40.2 Å². The third kappa shape index (κ3) is 7.13. The highest BCUT2D eigenvalue weighted by molar-refractivity contribution is 7.89. The summed E-state index contributed by atoms with van der Waals surface area (Å²) in [5.41, 5.74) is 0.529. The molecule has 2 aromatic rings. The normalized spacial score (nSPS) is 11.6. The molecule has 0 aliphatic rings. The molecule has 0 aliphatic heterocycles. The van der Waals surface area contributed by atoms with Gasteiger partial charge in [-0.2, -0.15) is 4.31 Å². The van der Waals surface area contributed by atoms with Crippen molar-refractivity contribution in [2.24, 2.45) is 0 Å². The Morgan fingerprint density at radius 3 is 2.34 bits per heavy atom. The van der Waals surface area contributed by atoms with Gasteiger partial charge in [0, 0.05) is 41.9 Å². The Balaban J connectivity index is 2.26. The summed E-state index contributed by atoms with van der Waals surface area (Å²) < 4.78 is 32.3. The summed E-state index contributed by atoms with van der Waals surface area (Å²) in [6, 6.07) is 10.5. The summed E-state index contributed by atoms with van der Waals surface area (Å²) in [7, 11) is -2.41. The topological polar surface area (TPSA) is 75.7 Å². The molecule has 1 amide bonds. The maximum atomic E-state index is 13.2. The first-order valence-electron chi connectivity index (χ1n) is 8.69. The zero-order valence-corrected chi connectivity index (χ0v) is 18.8. The summed E-state index contributed by atoms with van der Waals surface area (Å²) in [5.74, 6) is -0.427. The van der Waals surface area contributed by atoms with Gasteiger partial charge in [-0.1, -0.05) is 40.9 Å². The molecule has 0 spiro atoms. The van der Waals surface area contributed by atoms with E-state index in [2.05, 4.69) is 5.32 Å². The zero-order chi connectivity index (χ0) is 21.4. The molecule has 2 rings (SSSR count). The van der Waals surface area contributed by atoms with Crippen LogP contribution >= 0.6 is 34.8 Å². The SMILES string of the molecule is COCCCNC(=O)CN(Cc1ccc(Cl)cc1Cl)S(=O)(=O)c1ccc(Cl)cc1. The first-order chi connectivity index (χ1) is 13.7. The van der Waals surface area contributed by atoms with E-state index in [1.54, 1.807) is 19.2 Å². The Hall–Kier alpha value is -1.35. The predicted molar refractivity (Wildman–Crippen MR) is 115 cm³/mol. The van der Waals surface area contributed by atoms with Crippen molar-refractivity contribution in [1.29, 1.82) is 0 Å². The number of rotatable bonds is 10. The van der Waals surface area contributed by atoms with Gasteiger partial charge in [0.25, 0.3) is 0 Å². The fourth-order valence-corrected chi connectivity index (χ4v) is 4.45. The van der Waals surface area contributed by atoms with Crippen LogP contribution in [0.1, 0.15) is 12.0 Å². The van der Waals surface area contributed by atoms with E-state index >= 15 is 0 Å². The number of nitrogens with one attached hydrogen (secondary N) is 1. The molecule has 0 radical (unpaired) electrons. The molecule has 0 fully saturated rings. The lowest BCUT2D eigenvalue weighted by atomic mass is 10.2. The minimum absolute atomic E-state index is 0.0270. The average Bonchev–Trinajstić information content (AvgIpc) is 2.67. The molecule has 0 saturated carbocycles. The first-order valence-corrected chi connectivity index (χ1v) is 11.3. The van der Waals surface area contributed by atoms with Crippen molar-refractivity contribution in [2.45, 2.75) is 17.9 Å². The summed E-state index contributed by atoms with van der Waals surface area (Å²) in [5, 5.41) is 3.85. The van der Waals surface area contributed by atoms with Gasteiger partial charge in [-0.15, -0.1) is 0 Å². The van der Waals surface area contributed by atoms with E-state index in [9.17, 15) is 13.2 Å². The second-order valence-corrected chi connectivity index (χ2v) is 9.38. The minimum atomic E-state index is -3.98. The van der Waals surface area contributed by atoms with Crippen molar-refractivity contribution in [3.63, 3.8) is 0 Å². The second kappa shape index (κ2) is 11.2. The summed E-state index contributed by atoms with van der Waals surface area (Å²) >= 11 is 18.0. The van der Waals surface area contributed by atoms with Crippen molar-refractivity contribution >= 4 is 50.7 Å². The van der Waals surface area contributed by atoms with Crippen LogP contribution in [-0.2, 0) is 26.1 Å². The van der Waals surface area contributed by atoms with Crippen molar-refractivity contribution in [2.75, 3.05) is 26.8 Å². The first kappa shape index (κ1) is 23.9. The summed E-state index contributed by atoms with van der Waals surface area (Å²) in [4.78, 5) is 12.4. The van der Waals surface area contributed by atoms with Gasteiger partial charge in [0.05, 0.1) is 11.4 Å². The van der Waals surface area contributed by atoms with Crippen LogP contribution in [0, 0.1) is 0 Å². The van der Waals surface area contributed by atoms with Crippen molar-refractivity contribution in [3.8, 4) is 0 Å². The number of nitrogens with zero attached hydrogens (tertiary/aromatic N) is 1. The number of halogens is 3. The number of amides is 1. The van der Waals surface area contributed by atoms with Crippen molar-refractivity contribution < 1.29 is 17.9 Å². The van der Waals surface area contributed by atoms with Crippen LogP contribution in [0.4, 0.5) is 0 Å². The maximum Gasteiger partial charge on any atom is 0.243 e. The molecule has 0 saturated heterocycles. The Bertz CT molecular complexity index is 937. The van der Waals surface area contributed by atoms with E-state index in [4.69, 9.17) is 39.5 Å². The average molecular weight is 480 g/mol. The molecule has 0 atom stereocenters. The van der Waals surface area contributed by atoms with Crippen LogP contribution in [-0.4, -0.2) is 45.4 Å². The monoisotopic (exact) mass is 478 g/mol. The van der Waals surface area contributed by atoms with Gasteiger partial charge in [-0.25, -0.2) is 8.42 Å². The van der Waals surface area contributed by atoms with Gasteiger partial charge in [0.15, 0.2) is 0 Å². The molecule has 0 bridgehead atoms. The summed E-state index contributed by atoms with van der Waals surface area (Å²) in [6.07, 6.45) is 0.620. The van der Waals surface area contributed by atoms with E-state index in [-0.39, 0.29) is 18.0 Å². The second-order valence-electron chi connectivity index (χ2n) is 6.16. The van der Waals surface area contributed by atoms with E-state index in [1.165, 1.54) is 30.3 Å². The van der Waals surface area contributed by atoms with Crippen molar-refractivity contribution in [3.05, 3.63) is 63.1 Å². The molecule has 1 N–H and O–H groups in total. The van der Waals surface area contributed by atoms with Gasteiger partial charge >= 0.3 is 0 Å². The Morgan fingerprint density at radius 1 is 1.07 bits per heavy atom. The zero-order valence-electron chi connectivity index (χ0n) is 15.7. The number of carbonyl (C=O) groups excluding carboxylic acids is 1. The van der Waals surface area contributed by atoms with Gasteiger partial charge in [0.1, 0.15) is 0 Å². The molecule has 0 unspecified atom stereocenters. The molecular formula is C19H21Cl3N2O4S. The standard InChI is InChI=1S/C19H21Cl3N2O4S/c1-28-10-2-9-23-19(25)13-24(12-14-3-4-16(21)11-18(14)22)29(26,27)17-7-5-15(20)6-8-17/h3-8,11H,2,9-10,12-13H2,1H3,(H,23,25). The number of sulfonamides is 1. The molecule has 0 aliphatic carbocycles. The number of benzene rings is 2. The molecule has 29 heavy (non-hydrogen) atoms. The lowest BCUT2D eigenvalue weighted by Gasteiger charge is -2.22. The number of carbonyl (C=O) groups is 1. The van der Waals surface area contributed by atoms with Crippen LogP contribution < -0.4 is 5.32 Å². The number of hydrogen-bond donors (Lipinski definition) is 1.